The summed E-state index contributed by atoms with van der Waals surface area (Å²) in [6.07, 6.45) is -4.75. The molecular weight excluding hydrogens is 418 g/mol. The molecule has 0 unspecified atom stereocenters. The standard InChI is InChI=1S/C13H10Cl2F3N5O4/c1-5(24)21-11(19)10(23(25)26)12(20-27-2)22(21)9-7(14)3-6(4-8(9)15)13(16,17)18/h3-4H,19H2,1-2H3. The van der Waals surface area contributed by atoms with Gasteiger partial charge in [-0.3, -0.25) is 14.9 Å². The van der Waals surface area contributed by atoms with E-state index in [9.17, 15) is 28.1 Å². The Kier molecular flexibility index (Phi) is 5.42. The molecule has 146 valence electrons. The van der Waals surface area contributed by atoms with Crippen LogP contribution in [0.4, 0.5) is 24.7 Å². The number of nitrogen functional groups attached to an aromatic ring is 1. The quantitative estimate of drug-likeness (QED) is 0.595. The van der Waals surface area contributed by atoms with E-state index in [-0.39, 0.29) is 5.69 Å². The van der Waals surface area contributed by atoms with Gasteiger partial charge in [-0.2, -0.15) is 17.9 Å². The molecule has 2 rings (SSSR count). The second-order valence-corrected chi connectivity index (χ2v) is 5.83. The average molecular weight is 428 g/mol. The van der Waals surface area contributed by atoms with E-state index in [1.165, 1.54) is 0 Å². The van der Waals surface area contributed by atoms with Gasteiger partial charge in [0.05, 0.1) is 20.5 Å². The van der Waals surface area contributed by atoms with Gasteiger partial charge >= 0.3 is 11.9 Å². The van der Waals surface area contributed by atoms with Gasteiger partial charge in [-0.05, 0) is 12.1 Å². The zero-order valence-electron chi connectivity index (χ0n) is 13.5. The summed E-state index contributed by atoms with van der Waals surface area (Å²) in [5.74, 6) is -1.46. The molecule has 2 N–H and O–H groups in total. The lowest BCUT2D eigenvalue weighted by Crippen LogP contribution is -2.27. The van der Waals surface area contributed by atoms with Crippen LogP contribution in [0.15, 0.2) is 17.3 Å². The largest absolute Gasteiger partial charge is 0.416 e. The van der Waals surface area contributed by atoms with Crippen LogP contribution in [-0.2, 0) is 11.0 Å². The number of hydrogen-bond donors (Lipinski definition) is 1. The summed E-state index contributed by atoms with van der Waals surface area (Å²) in [7, 11) is 1.06. The fourth-order valence-electron chi connectivity index (χ4n) is 2.31. The van der Waals surface area contributed by atoms with Gasteiger partial charge in [0.25, 0.3) is 5.49 Å². The molecule has 1 aromatic heterocycles. The minimum atomic E-state index is -4.75. The van der Waals surface area contributed by atoms with Crippen molar-refractivity contribution in [1.82, 2.24) is 9.36 Å². The highest BCUT2D eigenvalue weighted by molar-refractivity contribution is 6.37. The lowest BCUT2D eigenvalue weighted by Gasteiger charge is -2.15. The highest BCUT2D eigenvalue weighted by Crippen LogP contribution is 2.38. The van der Waals surface area contributed by atoms with Crippen LogP contribution in [-0.4, -0.2) is 27.3 Å². The van der Waals surface area contributed by atoms with E-state index >= 15 is 0 Å². The van der Waals surface area contributed by atoms with Gasteiger partial charge < -0.3 is 10.6 Å². The third kappa shape index (κ3) is 3.57. The molecule has 27 heavy (non-hydrogen) atoms. The van der Waals surface area contributed by atoms with E-state index in [2.05, 4.69) is 9.99 Å². The van der Waals surface area contributed by atoms with Crippen molar-refractivity contribution in [2.24, 2.45) is 5.16 Å². The maximum Gasteiger partial charge on any atom is 0.416 e. The second-order valence-electron chi connectivity index (χ2n) is 5.02. The van der Waals surface area contributed by atoms with E-state index in [0.717, 1.165) is 14.0 Å². The van der Waals surface area contributed by atoms with Gasteiger partial charge in [-0.25, -0.2) is 4.68 Å². The maximum atomic E-state index is 12.9. The lowest BCUT2D eigenvalue weighted by atomic mass is 10.2. The van der Waals surface area contributed by atoms with E-state index in [1.54, 1.807) is 0 Å². The molecule has 0 saturated heterocycles. The summed E-state index contributed by atoms with van der Waals surface area (Å²) in [5.41, 5.74) is 2.72. The zero-order valence-corrected chi connectivity index (χ0v) is 15.1. The number of anilines is 1. The predicted molar refractivity (Wildman–Crippen MR) is 88.7 cm³/mol. The van der Waals surface area contributed by atoms with Crippen molar-refractivity contribution in [1.29, 1.82) is 0 Å². The Hall–Kier alpha value is -2.73. The molecular formula is C13H10Cl2F3N5O4. The molecule has 0 aliphatic carbocycles. The summed E-state index contributed by atoms with van der Waals surface area (Å²) in [6.45, 7) is 1.01. The van der Waals surface area contributed by atoms with Crippen LogP contribution in [0.2, 0.25) is 10.0 Å². The van der Waals surface area contributed by atoms with E-state index in [1.807, 2.05) is 0 Å². The summed E-state index contributed by atoms with van der Waals surface area (Å²) in [4.78, 5) is 26.9. The molecule has 1 aromatic carbocycles. The molecule has 0 spiro atoms. The second kappa shape index (κ2) is 7.12. The van der Waals surface area contributed by atoms with Crippen molar-refractivity contribution in [2.45, 2.75) is 13.1 Å². The first kappa shape index (κ1) is 20.6. The fourth-order valence-corrected chi connectivity index (χ4v) is 2.96. The van der Waals surface area contributed by atoms with Crippen molar-refractivity contribution < 1.29 is 27.7 Å². The van der Waals surface area contributed by atoms with Crippen LogP contribution in [0.3, 0.4) is 0 Å². The molecule has 0 atom stereocenters. The fraction of sp³-hybridized carbons (Fsp3) is 0.231. The molecule has 0 saturated carbocycles. The summed E-state index contributed by atoms with van der Waals surface area (Å²) in [5, 5.41) is 13.7. The molecule has 0 radical (unpaired) electrons. The molecule has 2 aromatic rings. The predicted octanol–water partition coefficient (Wildman–Crippen LogP) is 3.22. The molecule has 0 fully saturated rings. The number of carbonyl (C=O) groups excluding carboxylic acids is 1. The number of carbonyl (C=O) groups is 1. The Morgan fingerprint density at radius 3 is 2.22 bits per heavy atom. The van der Waals surface area contributed by atoms with E-state index in [4.69, 9.17) is 28.9 Å². The van der Waals surface area contributed by atoms with Crippen molar-refractivity contribution >= 4 is 40.6 Å². The van der Waals surface area contributed by atoms with Crippen LogP contribution in [0.25, 0.3) is 5.69 Å². The van der Waals surface area contributed by atoms with E-state index in [0.29, 0.717) is 21.5 Å². The van der Waals surface area contributed by atoms with Crippen LogP contribution in [0.1, 0.15) is 17.3 Å². The van der Waals surface area contributed by atoms with Gasteiger partial charge in [0.15, 0.2) is 0 Å². The smallest absolute Gasteiger partial charge is 0.397 e. The molecule has 0 bridgehead atoms. The highest BCUT2D eigenvalue weighted by atomic mass is 35.5. The number of nitro groups is 1. The van der Waals surface area contributed by atoms with Gasteiger partial charge in [0, 0.05) is 6.92 Å². The van der Waals surface area contributed by atoms with Gasteiger partial charge in [-0.15, -0.1) is 0 Å². The van der Waals surface area contributed by atoms with Crippen molar-refractivity contribution in [3.8, 4) is 5.69 Å². The number of aromatic nitrogens is 2. The maximum absolute atomic E-state index is 12.9. The summed E-state index contributed by atoms with van der Waals surface area (Å²) in [6, 6.07) is 1.09. The number of nitrogens with two attached hydrogens (primary N) is 1. The molecule has 0 aliphatic rings. The zero-order chi connectivity index (χ0) is 20.7. The van der Waals surface area contributed by atoms with E-state index < -0.39 is 49.6 Å². The first-order valence-corrected chi connectivity index (χ1v) is 7.60. The van der Waals surface area contributed by atoms with Crippen LogP contribution < -0.4 is 11.2 Å². The normalized spacial score (nSPS) is 12.3. The third-order valence-electron chi connectivity index (χ3n) is 3.30. The minimum Gasteiger partial charge on any atom is -0.397 e. The van der Waals surface area contributed by atoms with Gasteiger partial charge in [-0.1, -0.05) is 28.4 Å². The summed E-state index contributed by atoms with van der Waals surface area (Å²) < 4.78 is 40.1. The number of rotatable bonds is 3. The van der Waals surface area contributed by atoms with Gasteiger partial charge in [0.1, 0.15) is 12.8 Å². The summed E-state index contributed by atoms with van der Waals surface area (Å²) >= 11 is 11.9. The Morgan fingerprint density at radius 1 is 1.33 bits per heavy atom. The molecule has 0 amide bonds. The molecule has 1 heterocycles. The average Bonchev–Trinajstić information content (AvgIpc) is 2.78. The first-order chi connectivity index (χ1) is 12.4. The highest BCUT2D eigenvalue weighted by Gasteiger charge is 2.35. The third-order valence-corrected chi connectivity index (χ3v) is 3.87. The molecule has 0 aliphatic heterocycles. The molecule has 14 heteroatoms. The first-order valence-electron chi connectivity index (χ1n) is 6.84. The Bertz CT molecular complexity index is 990. The number of benzene rings is 1. The minimum absolute atomic E-state index is 0.378. The van der Waals surface area contributed by atoms with Gasteiger partial charge in [0.2, 0.25) is 11.7 Å². The molecule has 9 nitrogen and oxygen atoms in total. The van der Waals surface area contributed by atoms with Crippen molar-refractivity contribution in [3.63, 3.8) is 0 Å². The number of alkyl halides is 3. The van der Waals surface area contributed by atoms with Crippen molar-refractivity contribution in [3.05, 3.63) is 43.3 Å². The SMILES string of the molecule is CON=c1c([N+](=O)[O-])c(N)n(C(C)=O)n1-c1c(Cl)cc(C(F)(F)F)cc1Cl. The Balaban J connectivity index is 3.04. The number of hydrogen-bond acceptors (Lipinski definition) is 6. The number of nitrogens with zero attached hydrogens (tertiary/aromatic N) is 4. The van der Waals surface area contributed by atoms with Crippen LogP contribution in [0.5, 0.6) is 0 Å². The van der Waals surface area contributed by atoms with Crippen molar-refractivity contribution in [2.75, 3.05) is 12.8 Å². The van der Waals surface area contributed by atoms with Crippen LogP contribution in [0, 0.1) is 10.1 Å². The lowest BCUT2D eigenvalue weighted by molar-refractivity contribution is -0.385. The Labute approximate surface area is 158 Å². The monoisotopic (exact) mass is 427 g/mol. The number of halogens is 5. The topological polar surface area (TPSA) is 118 Å². The van der Waals surface area contributed by atoms with Crippen LogP contribution >= 0.6 is 23.2 Å². The Morgan fingerprint density at radius 2 is 1.85 bits per heavy atom.